The lowest BCUT2D eigenvalue weighted by Crippen LogP contribution is -2.15. The Labute approximate surface area is 116 Å². The minimum absolute atomic E-state index is 0.125. The summed E-state index contributed by atoms with van der Waals surface area (Å²) in [5.41, 5.74) is 0.993. The number of aromatic nitrogens is 3. The highest BCUT2D eigenvalue weighted by Crippen LogP contribution is 2.19. The molecule has 0 unspecified atom stereocenters. The molecule has 2 aromatic carbocycles. The number of anilines is 1. The normalized spacial score (nSPS) is 10.7. The van der Waals surface area contributed by atoms with Crippen LogP contribution in [0.2, 0.25) is 0 Å². The van der Waals surface area contributed by atoms with Crippen LogP contribution in [0, 0.1) is 6.92 Å². The molecule has 1 heterocycles. The van der Waals surface area contributed by atoms with E-state index >= 15 is 0 Å². The van der Waals surface area contributed by atoms with Gasteiger partial charge in [-0.1, -0.05) is 42.5 Å². The maximum atomic E-state index is 12.0. The quantitative estimate of drug-likeness (QED) is 0.765. The van der Waals surface area contributed by atoms with Gasteiger partial charge in [-0.15, -0.1) is 5.10 Å². The molecule has 0 aliphatic carbocycles. The average Bonchev–Trinajstić information content (AvgIpc) is 2.84. The molecule has 3 rings (SSSR count). The van der Waals surface area contributed by atoms with E-state index in [0.717, 1.165) is 16.3 Å². The molecule has 0 atom stereocenters. The van der Waals surface area contributed by atoms with Crippen molar-refractivity contribution in [1.29, 1.82) is 0 Å². The fourth-order valence-corrected chi connectivity index (χ4v) is 2.19. The van der Waals surface area contributed by atoms with E-state index in [1.54, 1.807) is 6.92 Å². The average molecular weight is 266 g/mol. The van der Waals surface area contributed by atoms with Crippen molar-refractivity contribution in [2.75, 3.05) is 5.32 Å². The molecule has 0 aliphatic rings. The lowest BCUT2D eigenvalue weighted by Gasteiger charge is -2.06. The van der Waals surface area contributed by atoms with E-state index < -0.39 is 0 Å². The van der Waals surface area contributed by atoms with Crippen LogP contribution in [0.25, 0.3) is 10.8 Å². The number of hydrogen-bond acceptors (Lipinski definition) is 3. The van der Waals surface area contributed by atoms with E-state index in [9.17, 15) is 4.79 Å². The van der Waals surface area contributed by atoms with Crippen LogP contribution in [0.3, 0.4) is 0 Å². The van der Waals surface area contributed by atoms with Crippen LogP contribution in [0.5, 0.6) is 0 Å². The third-order valence-corrected chi connectivity index (χ3v) is 3.08. The second kappa shape index (κ2) is 5.13. The number of carbonyl (C=O) groups is 1. The second-order valence-corrected chi connectivity index (χ2v) is 4.61. The third-order valence-electron chi connectivity index (χ3n) is 3.08. The van der Waals surface area contributed by atoms with E-state index in [2.05, 4.69) is 20.5 Å². The SMILES string of the molecule is Cc1nc(NC(=O)Cc2cccc3ccccc23)n[nH]1. The van der Waals surface area contributed by atoms with Crippen LogP contribution < -0.4 is 5.32 Å². The number of aryl methyl sites for hydroxylation is 1. The van der Waals surface area contributed by atoms with Crippen LogP contribution in [0.15, 0.2) is 42.5 Å². The van der Waals surface area contributed by atoms with E-state index in [1.165, 1.54) is 0 Å². The molecule has 3 aromatic rings. The molecular formula is C15H14N4O. The Morgan fingerprint density at radius 1 is 1.20 bits per heavy atom. The summed E-state index contributed by atoms with van der Waals surface area (Å²) in [5.74, 6) is 0.860. The summed E-state index contributed by atoms with van der Waals surface area (Å²) in [6, 6.07) is 14.0. The van der Waals surface area contributed by atoms with E-state index in [4.69, 9.17) is 0 Å². The highest BCUT2D eigenvalue weighted by Gasteiger charge is 2.09. The zero-order valence-corrected chi connectivity index (χ0v) is 11.1. The van der Waals surface area contributed by atoms with Crippen molar-refractivity contribution in [3.63, 3.8) is 0 Å². The van der Waals surface area contributed by atoms with Gasteiger partial charge in [-0.05, 0) is 23.3 Å². The van der Waals surface area contributed by atoms with Gasteiger partial charge in [0.2, 0.25) is 11.9 Å². The van der Waals surface area contributed by atoms with Crippen LogP contribution >= 0.6 is 0 Å². The molecule has 0 spiro atoms. The first-order chi connectivity index (χ1) is 9.72. The number of nitrogens with zero attached hydrogens (tertiary/aromatic N) is 2. The van der Waals surface area contributed by atoms with Gasteiger partial charge in [-0.3, -0.25) is 15.2 Å². The number of aromatic amines is 1. The van der Waals surface area contributed by atoms with Gasteiger partial charge in [0.25, 0.3) is 0 Å². The Kier molecular flexibility index (Phi) is 3.16. The van der Waals surface area contributed by atoms with Gasteiger partial charge in [-0.2, -0.15) is 4.98 Å². The van der Waals surface area contributed by atoms with Crippen molar-refractivity contribution in [3.05, 3.63) is 53.9 Å². The van der Waals surface area contributed by atoms with Gasteiger partial charge in [-0.25, -0.2) is 0 Å². The lowest BCUT2D eigenvalue weighted by atomic mass is 10.0. The molecule has 20 heavy (non-hydrogen) atoms. The number of amides is 1. The smallest absolute Gasteiger partial charge is 0.248 e. The molecule has 2 N–H and O–H groups in total. The molecule has 0 fully saturated rings. The predicted molar refractivity (Wildman–Crippen MR) is 77.4 cm³/mol. The standard InChI is InChI=1S/C15H14N4O/c1-10-16-15(19-18-10)17-14(20)9-12-7-4-6-11-5-2-3-8-13(11)12/h2-8H,9H2,1H3,(H2,16,17,18,19,20). The molecule has 0 saturated heterocycles. The Morgan fingerprint density at radius 2 is 2.00 bits per heavy atom. The molecule has 0 aliphatic heterocycles. The van der Waals surface area contributed by atoms with Crippen molar-refractivity contribution in [3.8, 4) is 0 Å². The number of nitrogens with one attached hydrogen (secondary N) is 2. The molecular weight excluding hydrogens is 252 g/mol. The van der Waals surface area contributed by atoms with Gasteiger partial charge in [0, 0.05) is 0 Å². The van der Waals surface area contributed by atoms with Crippen LogP contribution in [0.4, 0.5) is 5.95 Å². The lowest BCUT2D eigenvalue weighted by molar-refractivity contribution is -0.115. The highest BCUT2D eigenvalue weighted by molar-refractivity contribution is 5.95. The summed E-state index contributed by atoms with van der Waals surface area (Å²) in [4.78, 5) is 16.1. The van der Waals surface area contributed by atoms with Crippen molar-refractivity contribution >= 4 is 22.6 Å². The van der Waals surface area contributed by atoms with E-state index in [1.807, 2.05) is 42.5 Å². The Morgan fingerprint density at radius 3 is 2.80 bits per heavy atom. The summed E-state index contributed by atoms with van der Waals surface area (Å²) >= 11 is 0. The minimum Gasteiger partial charge on any atom is -0.293 e. The number of hydrogen-bond donors (Lipinski definition) is 2. The van der Waals surface area contributed by atoms with Gasteiger partial charge in [0.05, 0.1) is 6.42 Å². The first-order valence-corrected chi connectivity index (χ1v) is 6.38. The zero-order valence-electron chi connectivity index (χ0n) is 11.1. The first kappa shape index (κ1) is 12.3. The van der Waals surface area contributed by atoms with Crippen molar-refractivity contribution in [1.82, 2.24) is 15.2 Å². The van der Waals surface area contributed by atoms with Crippen molar-refractivity contribution in [2.24, 2.45) is 0 Å². The van der Waals surface area contributed by atoms with Crippen LogP contribution in [-0.2, 0) is 11.2 Å². The molecule has 1 amide bonds. The zero-order chi connectivity index (χ0) is 13.9. The Hall–Kier alpha value is -2.69. The maximum absolute atomic E-state index is 12.0. The first-order valence-electron chi connectivity index (χ1n) is 6.38. The number of benzene rings is 2. The molecule has 5 heteroatoms. The van der Waals surface area contributed by atoms with Crippen LogP contribution in [-0.4, -0.2) is 21.1 Å². The number of carbonyl (C=O) groups excluding carboxylic acids is 1. The summed E-state index contributed by atoms with van der Waals surface area (Å²) in [5, 5.41) is 11.5. The molecule has 1 aromatic heterocycles. The molecule has 0 bridgehead atoms. The van der Waals surface area contributed by atoms with Crippen LogP contribution in [0.1, 0.15) is 11.4 Å². The minimum atomic E-state index is -0.125. The highest BCUT2D eigenvalue weighted by atomic mass is 16.1. The molecule has 0 radical (unpaired) electrons. The Balaban J connectivity index is 1.81. The largest absolute Gasteiger partial charge is 0.293 e. The van der Waals surface area contributed by atoms with Gasteiger partial charge in [0.15, 0.2) is 0 Å². The molecule has 100 valence electrons. The fourth-order valence-electron chi connectivity index (χ4n) is 2.19. The topological polar surface area (TPSA) is 70.7 Å². The number of H-pyrrole nitrogens is 1. The van der Waals surface area contributed by atoms with E-state index in [0.29, 0.717) is 18.2 Å². The number of rotatable bonds is 3. The molecule has 5 nitrogen and oxygen atoms in total. The maximum Gasteiger partial charge on any atom is 0.248 e. The summed E-state index contributed by atoms with van der Waals surface area (Å²) < 4.78 is 0. The van der Waals surface area contributed by atoms with Crippen molar-refractivity contribution in [2.45, 2.75) is 13.3 Å². The summed E-state index contributed by atoms with van der Waals surface area (Å²) in [6.07, 6.45) is 0.301. The predicted octanol–water partition coefficient (Wildman–Crippen LogP) is 2.45. The monoisotopic (exact) mass is 266 g/mol. The van der Waals surface area contributed by atoms with Crippen molar-refractivity contribution < 1.29 is 4.79 Å². The fraction of sp³-hybridized carbons (Fsp3) is 0.133. The third kappa shape index (κ3) is 2.51. The Bertz CT molecular complexity index is 758. The van der Waals surface area contributed by atoms with E-state index in [-0.39, 0.29) is 5.91 Å². The molecule has 0 saturated carbocycles. The van der Waals surface area contributed by atoms with Gasteiger partial charge < -0.3 is 0 Å². The van der Waals surface area contributed by atoms with Gasteiger partial charge in [0.1, 0.15) is 5.82 Å². The second-order valence-electron chi connectivity index (χ2n) is 4.61. The number of fused-ring (bicyclic) bond motifs is 1. The summed E-state index contributed by atoms with van der Waals surface area (Å²) in [6.45, 7) is 1.79. The van der Waals surface area contributed by atoms with Gasteiger partial charge >= 0.3 is 0 Å². The summed E-state index contributed by atoms with van der Waals surface area (Å²) in [7, 11) is 0.